The second-order valence-electron chi connectivity index (χ2n) is 4.79. The van der Waals surface area contributed by atoms with Crippen molar-refractivity contribution in [2.24, 2.45) is 0 Å². The number of pyridine rings is 1. The van der Waals surface area contributed by atoms with Gasteiger partial charge in [0.15, 0.2) is 0 Å². The molecule has 116 valence electrons. The Morgan fingerprint density at radius 3 is 2.83 bits per heavy atom. The molecule has 2 heterocycles. The summed E-state index contributed by atoms with van der Waals surface area (Å²) < 4.78 is 5.90. The van der Waals surface area contributed by atoms with Crippen LogP contribution in [0.3, 0.4) is 0 Å². The zero-order valence-corrected chi connectivity index (χ0v) is 13.6. The average molecular weight is 373 g/mol. The van der Waals surface area contributed by atoms with Gasteiger partial charge in [-0.25, -0.2) is 0 Å². The Morgan fingerprint density at radius 1 is 1.26 bits per heavy atom. The molecule has 2 aromatic heterocycles. The fraction of sp³-hybridized carbons (Fsp3) is 0.0625. The largest absolute Gasteiger partial charge is 0.367 e. The molecule has 1 aromatic carbocycles. The maximum absolute atomic E-state index is 12.5. The Labute approximate surface area is 140 Å². The van der Waals surface area contributed by atoms with Gasteiger partial charge in [0.1, 0.15) is 11.3 Å². The van der Waals surface area contributed by atoms with Crippen LogP contribution in [0.25, 0.3) is 11.3 Å². The number of carbonyl (C=O) groups excluding carboxylic acids is 1. The van der Waals surface area contributed by atoms with Gasteiger partial charge in [-0.05, 0) is 23.8 Å². The molecular weight excluding hydrogens is 360 g/mol. The first-order valence-corrected chi connectivity index (χ1v) is 7.63. The minimum Gasteiger partial charge on any atom is -0.367 e. The summed E-state index contributed by atoms with van der Waals surface area (Å²) in [5, 5.41) is 6.69. The van der Waals surface area contributed by atoms with E-state index in [1.165, 1.54) is 0 Å². The lowest BCUT2D eigenvalue weighted by Gasteiger charge is -2.07. The first-order chi connectivity index (χ1) is 11.2. The summed E-state index contributed by atoms with van der Waals surface area (Å²) >= 11 is 3.45. The van der Waals surface area contributed by atoms with Gasteiger partial charge in [0.25, 0.3) is 5.91 Å². The molecule has 0 saturated carbocycles. The first kappa shape index (κ1) is 15.2. The van der Waals surface area contributed by atoms with E-state index in [1.54, 1.807) is 24.5 Å². The SMILES string of the molecule is Nc1onc(-c2cccnc2)c1C(=O)NCc1ccccc1Br. The van der Waals surface area contributed by atoms with Crippen molar-refractivity contribution in [3.63, 3.8) is 0 Å². The van der Waals surface area contributed by atoms with Crippen molar-refractivity contribution in [2.75, 3.05) is 5.73 Å². The van der Waals surface area contributed by atoms with Crippen LogP contribution in [0.4, 0.5) is 5.88 Å². The number of benzene rings is 1. The van der Waals surface area contributed by atoms with Crippen molar-refractivity contribution in [1.29, 1.82) is 0 Å². The predicted molar refractivity (Wildman–Crippen MR) is 89.5 cm³/mol. The topological polar surface area (TPSA) is 94.0 Å². The van der Waals surface area contributed by atoms with Gasteiger partial charge < -0.3 is 15.6 Å². The average Bonchev–Trinajstić information content (AvgIpc) is 2.96. The molecule has 7 heteroatoms. The molecule has 0 radical (unpaired) electrons. The lowest BCUT2D eigenvalue weighted by Crippen LogP contribution is -2.24. The minimum atomic E-state index is -0.349. The van der Waals surface area contributed by atoms with Gasteiger partial charge >= 0.3 is 0 Å². The fourth-order valence-corrected chi connectivity index (χ4v) is 2.55. The molecule has 23 heavy (non-hydrogen) atoms. The number of aromatic nitrogens is 2. The van der Waals surface area contributed by atoms with Crippen molar-refractivity contribution in [2.45, 2.75) is 6.54 Å². The highest BCUT2D eigenvalue weighted by Gasteiger charge is 2.22. The van der Waals surface area contributed by atoms with Crippen LogP contribution in [0.2, 0.25) is 0 Å². The molecular formula is C16H13BrN4O2. The lowest BCUT2D eigenvalue weighted by molar-refractivity contribution is 0.0952. The highest BCUT2D eigenvalue weighted by atomic mass is 79.9. The smallest absolute Gasteiger partial charge is 0.259 e. The maximum Gasteiger partial charge on any atom is 0.259 e. The van der Waals surface area contributed by atoms with E-state index in [-0.39, 0.29) is 17.4 Å². The summed E-state index contributed by atoms with van der Waals surface area (Å²) in [6.45, 7) is 0.358. The fourth-order valence-electron chi connectivity index (χ4n) is 2.13. The van der Waals surface area contributed by atoms with E-state index in [2.05, 4.69) is 31.4 Å². The van der Waals surface area contributed by atoms with Crippen LogP contribution in [0.1, 0.15) is 15.9 Å². The Kier molecular flexibility index (Phi) is 4.38. The van der Waals surface area contributed by atoms with E-state index in [9.17, 15) is 4.79 Å². The zero-order valence-electron chi connectivity index (χ0n) is 12.0. The van der Waals surface area contributed by atoms with Gasteiger partial charge in [0.05, 0.1) is 0 Å². The Hall–Kier alpha value is -2.67. The number of carbonyl (C=O) groups is 1. The quantitative estimate of drug-likeness (QED) is 0.733. The molecule has 0 aliphatic heterocycles. The number of halogens is 1. The van der Waals surface area contributed by atoms with Crippen LogP contribution >= 0.6 is 15.9 Å². The van der Waals surface area contributed by atoms with Crippen LogP contribution in [0.5, 0.6) is 0 Å². The number of rotatable bonds is 4. The zero-order chi connectivity index (χ0) is 16.2. The summed E-state index contributed by atoms with van der Waals surface area (Å²) in [6, 6.07) is 11.2. The summed E-state index contributed by atoms with van der Waals surface area (Å²) in [5.41, 5.74) is 7.97. The van der Waals surface area contributed by atoms with Crippen molar-refractivity contribution in [1.82, 2.24) is 15.5 Å². The van der Waals surface area contributed by atoms with Gasteiger partial charge in [0, 0.05) is 29.0 Å². The normalized spacial score (nSPS) is 10.5. The van der Waals surface area contributed by atoms with Gasteiger partial charge in [0.2, 0.25) is 5.88 Å². The second kappa shape index (κ2) is 6.62. The number of amides is 1. The number of hydrogen-bond donors (Lipinski definition) is 2. The predicted octanol–water partition coefficient (Wildman–Crippen LogP) is 3.01. The standard InChI is InChI=1S/C16H13BrN4O2/c17-12-6-2-1-4-10(12)9-20-16(22)13-14(21-23-15(13)18)11-5-3-7-19-8-11/h1-8H,9,18H2,(H,20,22). The number of nitrogens with zero attached hydrogens (tertiary/aromatic N) is 2. The van der Waals surface area contributed by atoms with Crippen molar-refractivity contribution >= 4 is 27.7 Å². The molecule has 0 aliphatic rings. The molecule has 0 fully saturated rings. The van der Waals surface area contributed by atoms with Crippen LogP contribution in [0, 0.1) is 0 Å². The van der Waals surface area contributed by atoms with Crippen molar-refractivity contribution < 1.29 is 9.32 Å². The van der Waals surface area contributed by atoms with Crippen molar-refractivity contribution in [3.8, 4) is 11.3 Å². The van der Waals surface area contributed by atoms with Crippen LogP contribution < -0.4 is 11.1 Å². The van der Waals surface area contributed by atoms with Gasteiger partial charge in [-0.2, -0.15) is 0 Å². The van der Waals surface area contributed by atoms with E-state index in [1.807, 2.05) is 24.3 Å². The van der Waals surface area contributed by atoms with E-state index >= 15 is 0 Å². The first-order valence-electron chi connectivity index (χ1n) is 6.84. The molecule has 0 spiro atoms. The van der Waals surface area contributed by atoms with Crippen LogP contribution in [0.15, 0.2) is 57.8 Å². The van der Waals surface area contributed by atoms with Gasteiger partial charge in [-0.3, -0.25) is 9.78 Å². The van der Waals surface area contributed by atoms with E-state index in [0.717, 1.165) is 10.0 Å². The number of nitrogens with two attached hydrogens (primary N) is 1. The summed E-state index contributed by atoms with van der Waals surface area (Å²) in [7, 11) is 0. The third-order valence-corrected chi connectivity index (χ3v) is 4.05. The molecule has 0 saturated heterocycles. The van der Waals surface area contributed by atoms with E-state index in [0.29, 0.717) is 17.8 Å². The molecule has 1 amide bonds. The van der Waals surface area contributed by atoms with Gasteiger partial charge in [-0.1, -0.05) is 39.3 Å². The van der Waals surface area contributed by atoms with E-state index < -0.39 is 0 Å². The molecule has 3 N–H and O–H groups in total. The molecule has 3 aromatic rings. The van der Waals surface area contributed by atoms with E-state index in [4.69, 9.17) is 10.3 Å². The Bertz CT molecular complexity index is 833. The third kappa shape index (κ3) is 3.24. The summed E-state index contributed by atoms with van der Waals surface area (Å²) in [4.78, 5) is 16.5. The maximum atomic E-state index is 12.5. The Morgan fingerprint density at radius 2 is 2.09 bits per heavy atom. The Balaban J connectivity index is 1.83. The van der Waals surface area contributed by atoms with Gasteiger partial charge in [-0.15, -0.1) is 0 Å². The minimum absolute atomic E-state index is 0.0199. The summed E-state index contributed by atoms with van der Waals surface area (Å²) in [6.07, 6.45) is 3.24. The van der Waals surface area contributed by atoms with Crippen LogP contribution in [-0.4, -0.2) is 16.0 Å². The number of nitrogen functional groups attached to an aromatic ring is 1. The monoisotopic (exact) mass is 372 g/mol. The highest BCUT2D eigenvalue weighted by Crippen LogP contribution is 2.26. The molecule has 0 aliphatic carbocycles. The number of anilines is 1. The number of nitrogens with one attached hydrogen (secondary N) is 1. The molecule has 3 rings (SSSR count). The third-order valence-electron chi connectivity index (χ3n) is 3.28. The molecule has 0 atom stereocenters. The molecule has 0 unspecified atom stereocenters. The second-order valence-corrected chi connectivity index (χ2v) is 5.64. The molecule has 0 bridgehead atoms. The lowest BCUT2D eigenvalue weighted by atomic mass is 10.1. The highest BCUT2D eigenvalue weighted by molar-refractivity contribution is 9.10. The molecule has 6 nitrogen and oxygen atoms in total. The number of hydrogen-bond acceptors (Lipinski definition) is 5. The van der Waals surface area contributed by atoms with Crippen molar-refractivity contribution in [3.05, 3.63) is 64.4 Å². The van der Waals surface area contributed by atoms with Crippen LogP contribution in [-0.2, 0) is 6.54 Å². The summed E-state index contributed by atoms with van der Waals surface area (Å²) in [5.74, 6) is -0.369.